The van der Waals surface area contributed by atoms with Crippen molar-refractivity contribution in [2.75, 3.05) is 6.61 Å². The van der Waals surface area contributed by atoms with Crippen LogP contribution < -0.4 is 10.1 Å². The van der Waals surface area contributed by atoms with Crippen LogP contribution >= 0.6 is 0 Å². The van der Waals surface area contributed by atoms with Gasteiger partial charge in [0.25, 0.3) is 0 Å². The second-order valence-corrected chi connectivity index (χ2v) is 5.59. The van der Waals surface area contributed by atoms with Gasteiger partial charge in [-0.1, -0.05) is 38.1 Å². The summed E-state index contributed by atoms with van der Waals surface area (Å²) in [6.45, 7) is 11.9. The number of rotatable bonds is 10. The standard InChI is InChI=1S/C18H29NO/c1-5-6-7-8-9-13-20-18-16(4)11-10-12-17(18)14-19-15(2)3/h5,10-12,15,19H,1,6-9,13-14H2,2-4H3. The average Bonchev–Trinajstić information content (AvgIpc) is 2.42. The Labute approximate surface area is 124 Å². The molecule has 2 heteroatoms. The van der Waals surface area contributed by atoms with E-state index in [1.54, 1.807) is 0 Å². The van der Waals surface area contributed by atoms with Crippen LogP contribution in [-0.2, 0) is 6.54 Å². The number of ether oxygens (including phenoxy) is 1. The average molecular weight is 275 g/mol. The van der Waals surface area contributed by atoms with E-state index in [4.69, 9.17) is 4.74 Å². The van der Waals surface area contributed by atoms with Crippen molar-refractivity contribution in [3.05, 3.63) is 42.0 Å². The van der Waals surface area contributed by atoms with E-state index >= 15 is 0 Å². The summed E-state index contributed by atoms with van der Waals surface area (Å²) in [5.74, 6) is 1.06. The highest BCUT2D eigenvalue weighted by atomic mass is 16.5. The number of nitrogens with one attached hydrogen (secondary N) is 1. The maximum Gasteiger partial charge on any atom is 0.126 e. The van der Waals surface area contributed by atoms with Crippen LogP contribution in [0.25, 0.3) is 0 Å². The highest BCUT2D eigenvalue weighted by Gasteiger charge is 2.07. The maximum absolute atomic E-state index is 6.01. The van der Waals surface area contributed by atoms with E-state index in [1.165, 1.54) is 24.0 Å². The molecule has 1 aromatic carbocycles. The zero-order valence-electron chi connectivity index (χ0n) is 13.2. The summed E-state index contributed by atoms with van der Waals surface area (Å²) in [6, 6.07) is 6.85. The lowest BCUT2D eigenvalue weighted by Crippen LogP contribution is -2.22. The summed E-state index contributed by atoms with van der Waals surface area (Å²) in [5.41, 5.74) is 2.48. The van der Waals surface area contributed by atoms with Gasteiger partial charge in [-0.3, -0.25) is 0 Å². The number of allylic oxidation sites excluding steroid dienone is 1. The summed E-state index contributed by atoms with van der Waals surface area (Å²) in [4.78, 5) is 0. The predicted molar refractivity (Wildman–Crippen MR) is 87.3 cm³/mol. The van der Waals surface area contributed by atoms with Gasteiger partial charge in [0, 0.05) is 18.2 Å². The molecule has 0 aliphatic heterocycles. The first-order chi connectivity index (χ1) is 9.65. The first-order valence-corrected chi connectivity index (χ1v) is 7.70. The molecule has 0 aliphatic rings. The minimum absolute atomic E-state index is 0.488. The first kappa shape index (κ1) is 16.8. The third-order valence-electron chi connectivity index (χ3n) is 3.29. The van der Waals surface area contributed by atoms with Crippen LogP contribution in [0.1, 0.15) is 50.7 Å². The molecule has 0 atom stereocenters. The van der Waals surface area contributed by atoms with Crippen LogP contribution in [-0.4, -0.2) is 12.6 Å². The van der Waals surface area contributed by atoms with Crippen LogP contribution in [0.15, 0.2) is 30.9 Å². The quantitative estimate of drug-likeness (QED) is 0.497. The zero-order valence-corrected chi connectivity index (χ0v) is 13.2. The maximum atomic E-state index is 6.01. The molecule has 0 saturated carbocycles. The Balaban J connectivity index is 2.48. The Morgan fingerprint density at radius 3 is 2.75 bits per heavy atom. The second kappa shape index (κ2) is 9.60. The van der Waals surface area contributed by atoms with Gasteiger partial charge in [0.2, 0.25) is 0 Å². The van der Waals surface area contributed by atoms with E-state index in [0.717, 1.165) is 31.7 Å². The molecular weight excluding hydrogens is 246 g/mol. The van der Waals surface area contributed by atoms with Crippen molar-refractivity contribution in [1.29, 1.82) is 0 Å². The topological polar surface area (TPSA) is 21.3 Å². The Kier molecular flexibility index (Phi) is 8.05. The van der Waals surface area contributed by atoms with E-state index in [0.29, 0.717) is 6.04 Å². The number of benzene rings is 1. The van der Waals surface area contributed by atoms with Gasteiger partial charge in [-0.25, -0.2) is 0 Å². The second-order valence-electron chi connectivity index (χ2n) is 5.59. The van der Waals surface area contributed by atoms with Crippen LogP contribution in [0.5, 0.6) is 5.75 Å². The SMILES string of the molecule is C=CCCCCCOc1c(C)cccc1CNC(C)C. The fraction of sp³-hybridized carbons (Fsp3) is 0.556. The largest absolute Gasteiger partial charge is 0.493 e. The summed E-state index contributed by atoms with van der Waals surface area (Å²) in [7, 11) is 0. The number of hydrogen-bond acceptors (Lipinski definition) is 2. The Morgan fingerprint density at radius 1 is 1.25 bits per heavy atom. The molecule has 1 rings (SSSR count). The molecule has 2 nitrogen and oxygen atoms in total. The van der Waals surface area contributed by atoms with Gasteiger partial charge in [-0.15, -0.1) is 6.58 Å². The van der Waals surface area contributed by atoms with Crippen molar-refractivity contribution in [2.24, 2.45) is 0 Å². The third kappa shape index (κ3) is 6.25. The molecule has 0 unspecified atom stereocenters. The summed E-state index contributed by atoms with van der Waals surface area (Å²) in [5, 5.41) is 3.46. The van der Waals surface area contributed by atoms with Gasteiger partial charge in [0.1, 0.15) is 5.75 Å². The van der Waals surface area contributed by atoms with Crippen LogP contribution in [0, 0.1) is 6.92 Å². The molecule has 0 amide bonds. The van der Waals surface area contributed by atoms with E-state index in [1.807, 2.05) is 6.08 Å². The molecule has 0 fully saturated rings. The van der Waals surface area contributed by atoms with Crippen molar-refractivity contribution in [3.8, 4) is 5.75 Å². The minimum Gasteiger partial charge on any atom is -0.493 e. The van der Waals surface area contributed by atoms with E-state index < -0.39 is 0 Å². The highest BCUT2D eigenvalue weighted by molar-refractivity contribution is 5.40. The lowest BCUT2D eigenvalue weighted by molar-refractivity contribution is 0.299. The molecule has 20 heavy (non-hydrogen) atoms. The smallest absolute Gasteiger partial charge is 0.126 e. The van der Waals surface area contributed by atoms with Crippen molar-refractivity contribution in [1.82, 2.24) is 5.32 Å². The predicted octanol–water partition coefficient (Wildman–Crippen LogP) is 4.62. The van der Waals surface area contributed by atoms with E-state index in [-0.39, 0.29) is 0 Å². The third-order valence-corrected chi connectivity index (χ3v) is 3.29. The lowest BCUT2D eigenvalue weighted by atomic mass is 10.1. The number of aryl methyl sites for hydroxylation is 1. The van der Waals surface area contributed by atoms with E-state index in [9.17, 15) is 0 Å². The van der Waals surface area contributed by atoms with Gasteiger partial charge in [-0.2, -0.15) is 0 Å². The molecule has 0 radical (unpaired) electrons. The Hall–Kier alpha value is -1.28. The van der Waals surface area contributed by atoms with Crippen LogP contribution in [0.4, 0.5) is 0 Å². The molecule has 1 N–H and O–H groups in total. The van der Waals surface area contributed by atoms with Gasteiger partial charge in [0.15, 0.2) is 0 Å². The van der Waals surface area contributed by atoms with Crippen LogP contribution in [0.3, 0.4) is 0 Å². The molecule has 0 spiro atoms. The summed E-state index contributed by atoms with van der Waals surface area (Å²) in [6.07, 6.45) is 6.62. The highest BCUT2D eigenvalue weighted by Crippen LogP contribution is 2.23. The Bertz CT molecular complexity index is 398. The molecule has 0 aliphatic carbocycles. The molecule has 112 valence electrons. The first-order valence-electron chi connectivity index (χ1n) is 7.70. The molecule has 0 aromatic heterocycles. The van der Waals surface area contributed by atoms with E-state index in [2.05, 4.69) is 50.9 Å². The fourth-order valence-corrected chi connectivity index (χ4v) is 2.11. The molecule has 0 saturated heterocycles. The zero-order chi connectivity index (χ0) is 14.8. The Morgan fingerprint density at radius 2 is 2.05 bits per heavy atom. The number of para-hydroxylation sites is 1. The van der Waals surface area contributed by atoms with Crippen molar-refractivity contribution in [2.45, 2.75) is 59.0 Å². The van der Waals surface area contributed by atoms with Gasteiger partial charge in [0.05, 0.1) is 6.61 Å². The molecular formula is C18H29NO. The normalized spacial score (nSPS) is 10.8. The van der Waals surface area contributed by atoms with Gasteiger partial charge < -0.3 is 10.1 Å². The summed E-state index contributed by atoms with van der Waals surface area (Å²) < 4.78 is 6.01. The molecule has 1 aromatic rings. The monoisotopic (exact) mass is 275 g/mol. The van der Waals surface area contributed by atoms with Crippen LogP contribution in [0.2, 0.25) is 0 Å². The van der Waals surface area contributed by atoms with Gasteiger partial charge in [-0.05, 0) is 38.2 Å². The van der Waals surface area contributed by atoms with Crippen molar-refractivity contribution in [3.63, 3.8) is 0 Å². The lowest BCUT2D eigenvalue weighted by Gasteiger charge is -2.16. The summed E-state index contributed by atoms with van der Waals surface area (Å²) >= 11 is 0. The number of unbranched alkanes of at least 4 members (excludes halogenated alkanes) is 3. The van der Waals surface area contributed by atoms with Crippen molar-refractivity contribution >= 4 is 0 Å². The fourth-order valence-electron chi connectivity index (χ4n) is 2.11. The molecule has 0 heterocycles. The van der Waals surface area contributed by atoms with Gasteiger partial charge >= 0.3 is 0 Å². The molecule has 0 bridgehead atoms. The minimum atomic E-state index is 0.488. The number of hydrogen-bond donors (Lipinski definition) is 1. The van der Waals surface area contributed by atoms with Crippen molar-refractivity contribution < 1.29 is 4.74 Å².